The molecule has 0 bridgehead atoms. The van der Waals surface area contributed by atoms with Gasteiger partial charge in [0.05, 0.1) is 5.69 Å². The first-order valence-electron chi connectivity index (χ1n) is 9.96. The van der Waals surface area contributed by atoms with E-state index in [1.54, 1.807) is 4.68 Å². The SMILES string of the molecule is CC(C)c1cc(C(=O)N[C@H]2[C@H]3CCCC[C@@H]3[C@@H]2c2ccccc2)n(C)n1. The molecule has 1 aromatic heterocycles. The molecule has 0 radical (unpaired) electrons. The third kappa shape index (κ3) is 2.95. The standard InChI is InChI=1S/C22H29N3O/c1-14(2)18-13-19(25(3)24-18)22(26)23-21-17-12-8-7-11-16(17)20(21)15-9-5-4-6-10-15/h4-6,9-10,13-14,16-17,20-21H,7-8,11-12H2,1-3H3,(H,23,26)/t16-,17-,20-,21-/m0/s1. The van der Waals surface area contributed by atoms with E-state index in [4.69, 9.17) is 0 Å². The lowest BCUT2D eigenvalue weighted by atomic mass is 9.53. The number of aryl methyl sites for hydroxylation is 1. The van der Waals surface area contributed by atoms with Gasteiger partial charge in [-0.1, -0.05) is 57.0 Å². The second-order valence-corrected chi connectivity index (χ2v) is 8.28. The van der Waals surface area contributed by atoms with E-state index in [2.05, 4.69) is 54.6 Å². The minimum absolute atomic E-state index is 0.0156. The van der Waals surface area contributed by atoms with Crippen LogP contribution in [-0.2, 0) is 7.05 Å². The van der Waals surface area contributed by atoms with Crippen LogP contribution in [0.4, 0.5) is 0 Å². The molecule has 1 aromatic carbocycles. The number of nitrogens with zero attached hydrogens (tertiary/aromatic N) is 2. The van der Waals surface area contributed by atoms with Crippen molar-refractivity contribution in [3.63, 3.8) is 0 Å². The number of rotatable bonds is 4. The average Bonchev–Trinajstić information content (AvgIpc) is 3.03. The number of nitrogens with one attached hydrogen (secondary N) is 1. The van der Waals surface area contributed by atoms with E-state index in [0.717, 1.165) is 5.69 Å². The Hall–Kier alpha value is -2.10. The summed E-state index contributed by atoms with van der Waals surface area (Å²) in [4.78, 5) is 13.0. The van der Waals surface area contributed by atoms with Gasteiger partial charge in [0.2, 0.25) is 0 Å². The lowest BCUT2D eigenvalue weighted by molar-refractivity contribution is 0.0249. The molecule has 0 aliphatic heterocycles. The second-order valence-electron chi connectivity index (χ2n) is 8.28. The molecule has 0 saturated heterocycles. The minimum atomic E-state index is 0.0156. The Kier molecular flexibility index (Phi) is 4.60. The maximum Gasteiger partial charge on any atom is 0.269 e. The van der Waals surface area contributed by atoms with Crippen molar-refractivity contribution in [3.8, 4) is 0 Å². The van der Waals surface area contributed by atoms with Gasteiger partial charge in [-0.05, 0) is 42.2 Å². The number of amides is 1. The summed E-state index contributed by atoms with van der Waals surface area (Å²) in [6.07, 6.45) is 5.14. The third-order valence-electron chi connectivity index (χ3n) is 6.39. The predicted octanol–water partition coefficient (Wildman–Crippen LogP) is 4.25. The van der Waals surface area contributed by atoms with Crippen molar-refractivity contribution in [1.82, 2.24) is 15.1 Å². The molecule has 0 spiro atoms. The van der Waals surface area contributed by atoms with Crippen molar-refractivity contribution in [1.29, 1.82) is 0 Å². The largest absolute Gasteiger partial charge is 0.347 e. The summed E-state index contributed by atoms with van der Waals surface area (Å²) in [5, 5.41) is 7.87. The summed E-state index contributed by atoms with van der Waals surface area (Å²) in [6.45, 7) is 4.21. The molecule has 2 aliphatic carbocycles. The molecule has 4 nitrogen and oxygen atoms in total. The zero-order chi connectivity index (χ0) is 18.3. The van der Waals surface area contributed by atoms with E-state index in [-0.39, 0.29) is 11.9 Å². The Balaban J connectivity index is 1.56. The molecule has 0 unspecified atom stereocenters. The molecule has 2 saturated carbocycles. The van der Waals surface area contributed by atoms with Crippen molar-refractivity contribution >= 4 is 5.91 Å². The molecule has 2 fully saturated rings. The molecular weight excluding hydrogens is 322 g/mol. The van der Waals surface area contributed by atoms with Crippen LogP contribution in [0.5, 0.6) is 0 Å². The van der Waals surface area contributed by atoms with Crippen LogP contribution in [0.3, 0.4) is 0 Å². The molecule has 2 aliphatic rings. The highest BCUT2D eigenvalue weighted by Gasteiger charge is 2.51. The van der Waals surface area contributed by atoms with Gasteiger partial charge in [0, 0.05) is 19.0 Å². The second kappa shape index (κ2) is 6.90. The maximum absolute atomic E-state index is 13.0. The van der Waals surface area contributed by atoms with Crippen molar-refractivity contribution in [2.24, 2.45) is 18.9 Å². The number of carbonyl (C=O) groups is 1. The summed E-state index contributed by atoms with van der Waals surface area (Å²) in [6, 6.07) is 12.9. The number of aromatic nitrogens is 2. The Morgan fingerprint density at radius 1 is 1.15 bits per heavy atom. The van der Waals surface area contributed by atoms with Crippen LogP contribution in [0, 0.1) is 11.8 Å². The van der Waals surface area contributed by atoms with Crippen molar-refractivity contribution in [2.75, 3.05) is 0 Å². The van der Waals surface area contributed by atoms with E-state index >= 15 is 0 Å². The fraction of sp³-hybridized carbons (Fsp3) is 0.545. The van der Waals surface area contributed by atoms with Crippen LogP contribution in [0.15, 0.2) is 36.4 Å². The maximum atomic E-state index is 13.0. The summed E-state index contributed by atoms with van der Waals surface area (Å²) >= 11 is 0. The lowest BCUT2D eigenvalue weighted by Crippen LogP contribution is -2.59. The van der Waals surface area contributed by atoms with Gasteiger partial charge in [-0.25, -0.2) is 0 Å². The minimum Gasteiger partial charge on any atom is -0.347 e. The van der Waals surface area contributed by atoms with Crippen LogP contribution in [0.25, 0.3) is 0 Å². The van der Waals surface area contributed by atoms with Crippen molar-refractivity contribution in [2.45, 2.75) is 57.4 Å². The Labute approximate surface area is 156 Å². The van der Waals surface area contributed by atoms with Crippen molar-refractivity contribution < 1.29 is 4.79 Å². The Bertz CT molecular complexity index is 780. The quantitative estimate of drug-likeness (QED) is 0.895. The van der Waals surface area contributed by atoms with Gasteiger partial charge in [-0.15, -0.1) is 0 Å². The van der Waals surface area contributed by atoms with Gasteiger partial charge in [0.25, 0.3) is 5.91 Å². The fourth-order valence-corrected chi connectivity index (χ4v) is 5.00. The number of fused-ring (bicyclic) bond motifs is 1. The van der Waals surface area contributed by atoms with Gasteiger partial charge in [0.15, 0.2) is 0 Å². The van der Waals surface area contributed by atoms with Gasteiger partial charge in [-0.2, -0.15) is 5.10 Å². The molecule has 138 valence electrons. The molecule has 2 aromatic rings. The molecular formula is C22H29N3O. The number of carbonyl (C=O) groups excluding carboxylic acids is 1. The third-order valence-corrected chi connectivity index (χ3v) is 6.39. The number of hydrogen-bond acceptors (Lipinski definition) is 2. The van der Waals surface area contributed by atoms with Gasteiger partial charge in [0.1, 0.15) is 5.69 Å². The smallest absolute Gasteiger partial charge is 0.269 e. The van der Waals surface area contributed by atoms with E-state index in [1.807, 2.05) is 13.1 Å². The topological polar surface area (TPSA) is 46.9 Å². The van der Waals surface area contributed by atoms with Crippen LogP contribution in [-0.4, -0.2) is 21.7 Å². The summed E-state index contributed by atoms with van der Waals surface area (Å²) in [5.74, 6) is 2.13. The molecule has 4 atom stereocenters. The first kappa shape index (κ1) is 17.3. The van der Waals surface area contributed by atoms with E-state index in [0.29, 0.717) is 29.4 Å². The Morgan fingerprint density at radius 3 is 2.50 bits per heavy atom. The fourth-order valence-electron chi connectivity index (χ4n) is 5.00. The molecule has 4 rings (SSSR count). The van der Waals surface area contributed by atoms with Gasteiger partial charge < -0.3 is 5.32 Å². The highest BCUT2D eigenvalue weighted by atomic mass is 16.2. The molecule has 1 heterocycles. The van der Waals surface area contributed by atoms with Crippen molar-refractivity contribution in [3.05, 3.63) is 53.3 Å². The van der Waals surface area contributed by atoms with Crippen LogP contribution in [0.1, 0.15) is 73.1 Å². The predicted molar refractivity (Wildman–Crippen MR) is 103 cm³/mol. The number of hydrogen-bond donors (Lipinski definition) is 1. The highest BCUT2D eigenvalue weighted by Crippen LogP contribution is 2.54. The van der Waals surface area contributed by atoms with E-state index < -0.39 is 0 Å². The van der Waals surface area contributed by atoms with Gasteiger partial charge in [-0.3, -0.25) is 9.48 Å². The molecule has 1 amide bonds. The summed E-state index contributed by atoms with van der Waals surface area (Å²) in [5.41, 5.74) is 3.01. The summed E-state index contributed by atoms with van der Waals surface area (Å²) < 4.78 is 1.72. The first-order valence-corrected chi connectivity index (χ1v) is 9.96. The Morgan fingerprint density at radius 2 is 1.85 bits per heavy atom. The average molecular weight is 351 g/mol. The highest BCUT2D eigenvalue weighted by molar-refractivity contribution is 5.93. The molecule has 1 N–H and O–H groups in total. The molecule has 4 heteroatoms. The molecule has 26 heavy (non-hydrogen) atoms. The van der Waals surface area contributed by atoms with Gasteiger partial charge >= 0.3 is 0 Å². The first-order chi connectivity index (χ1) is 12.6. The zero-order valence-corrected chi connectivity index (χ0v) is 16.0. The number of benzene rings is 1. The normalized spacial score (nSPS) is 27.7. The zero-order valence-electron chi connectivity index (χ0n) is 16.0. The lowest BCUT2D eigenvalue weighted by Gasteiger charge is -2.55. The summed E-state index contributed by atoms with van der Waals surface area (Å²) in [7, 11) is 1.86. The van der Waals surface area contributed by atoms with Crippen LogP contribution >= 0.6 is 0 Å². The van der Waals surface area contributed by atoms with E-state index in [9.17, 15) is 4.79 Å². The van der Waals surface area contributed by atoms with E-state index in [1.165, 1.54) is 31.2 Å². The monoisotopic (exact) mass is 351 g/mol. The van der Waals surface area contributed by atoms with Crippen LogP contribution < -0.4 is 5.32 Å². The van der Waals surface area contributed by atoms with Crippen LogP contribution in [0.2, 0.25) is 0 Å².